The van der Waals surface area contributed by atoms with E-state index in [1.54, 1.807) is 12.1 Å². The van der Waals surface area contributed by atoms with Crippen molar-refractivity contribution in [3.05, 3.63) is 65.5 Å². The molecule has 2 aromatic rings. The average molecular weight is 383 g/mol. The highest BCUT2D eigenvalue weighted by molar-refractivity contribution is 5.98. The summed E-state index contributed by atoms with van der Waals surface area (Å²) >= 11 is 0. The summed E-state index contributed by atoms with van der Waals surface area (Å²) in [7, 11) is 0. The topological polar surface area (TPSA) is 38.8 Å². The molecule has 28 heavy (non-hydrogen) atoms. The lowest BCUT2D eigenvalue weighted by Crippen LogP contribution is -2.57. The number of ketones is 1. The molecule has 0 amide bonds. The molecule has 0 aliphatic carbocycles. The zero-order valence-electron chi connectivity index (χ0n) is 16.1. The van der Waals surface area contributed by atoms with Crippen LogP contribution in [0.1, 0.15) is 35.7 Å². The molecule has 0 saturated carbocycles. The van der Waals surface area contributed by atoms with Gasteiger partial charge in [0, 0.05) is 30.6 Å². The Hall–Kier alpha value is -2.24. The fourth-order valence-electron chi connectivity index (χ4n) is 4.43. The molecule has 2 aliphatic rings. The third-order valence-electron chi connectivity index (χ3n) is 5.77. The summed E-state index contributed by atoms with van der Waals surface area (Å²) in [5, 5.41) is 0. The molecule has 2 atom stereocenters. The molecule has 0 N–H and O–H groups in total. The predicted molar refractivity (Wildman–Crippen MR) is 105 cm³/mol. The maximum absolute atomic E-state index is 14.5. The Bertz CT molecular complexity index is 812. The second-order valence-corrected chi connectivity index (χ2v) is 7.61. The number of ether oxygens (including phenoxy) is 2. The largest absolute Gasteiger partial charge is 0.494 e. The van der Waals surface area contributed by atoms with Crippen LogP contribution in [0.5, 0.6) is 5.75 Å². The van der Waals surface area contributed by atoms with Gasteiger partial charge in [-0.1, -0.05) is 30.3 Å². The predicted octanol–water partition coefficient (Wildman–Crippen LogP) is 4.09. The van der Waals surface area contributed by atoms with Crippen molar-refractivity contribution < 1.29 is 18.7 Å². The molecule has 5 heteroatoms. The normalized spacial score (nSPS) is 24.7. The van der Waals surface area contributed by atoms with E-state index in [4.69, 9.17) is 9.47 Å². The molecule has 2 heterocycles. The van der Waals surface area contributed by atoms with Gasteiger partial charge in [-0.15, -0.1) is 0 Å². The van der Waals surface area contributed by atoms with Crippen LogP contribution in [0.15, 0.2) is 48.5 Å². The van der Waals surface area contributed by atoms with Gasteiger partial charge in [0.25, 0.3) is 0 Å². The number of hydrogen-bond acceptors (Lipinski definition) is 4. The zero-order valence-corrected chi connectivity index (χ0v) is 16.1. The second kappa shape index (κ2) is 8.41. The maximum atomic E-state index is 14.5. The number of morpholine rings is 1. The van der Waals surface area contributed by atoms with Crippen LogP contribution in [0.3, 0.4) is 0 Å². The molecule has 2 fully saturated rings. The minimum Gasteiger partial charge on any atom is -0.494 e. The summed E-state index contributed by atoms with van der Waals surface area (Å²) in [6.07, 6.45) is 1.41. The standard InChI is InChI=1S/C23H26FNO3/c1-2-28-20-8-9-21(22(24)12-20)23(26)17-10-18-14-27-15-19(11-17)25(18)13-16-6-4-3-5-7-16/h3-9,12,17-19H,2,10-11,13-15H2,1H3. The van der Waals surface area contributed by atoms with Crippen LogP contribution in [0.25, 0.3) is 0 Å². The SMILES string of the molecule is CCOc1ccc(C(=O)C2CC3COCC(C2)N3Cc2ccccc2)c(F)c1. The van der Waals surface area contributed by atoms with Crippen LogP contribution in [-0.4, -0.2) is 42.6 Å². The Morgan fingerprint density at radius 1 is 1.14 bits per heavy atom. The summed E-state index contributed by atoms with van der Waals surface area (Å²) in [6.45, 7) is 4.42. The first kappa shape index (κ1) is 19.1. The van der Waals surface area contributed by atoms with Crippen molar-refractivity contribution in [2.75, 3.05) is 19.8 Å². The summed E-state index contributed by atoms with van der Waals surface area (Å²) in [5.41, 5.74) is 1.44. The zero-order chi connectivity index (χ0) is 19.5. The third kappa shape index (κ3) is 3.96. The molecule has 0 spiro atoms. The van der Waals surface area contributed by atoms with Crippen LogP contribution in [0, 0.1) is 11.7 Å². The number of Topliss-reactive ketones (excluding diaryl/α,β-unsaturated/α-hetero) is 1. The van der Waals surface area contributed by atoms with Crippen molar-refractivity contribution in [1.29, 1.82) is 0 Å². The summed E-state index contributed by atoms with van der Waals surface area (Å²) in [6, 6.07) is 15.3. The van der Waals surface area contributed by atoms with Crippen LogP contribution in [-0.2, 0) is 11.3 Å². The molecule has 0 radical (unpaired) electrons. The smallest absolute Gasteiger partial charge is 0.169 e. The van der Waals surface area contributed by atoms with Gasteiger partial charge in [0.15, 0.2) is 5.78 Å². The van der Waals surface area contributed by atoms with Gasteiger partial charge in [-0.05, 0) is 37.5 Å². The Kier molecular flexibility index (Phi) is 5.74. The van der Waals surface area contributed by atoms with E-state index in [1.165, 1.54) is 11.6 Å². The van der Waals surface area contributed by atoms with Gasteiger partial charge in [-0.25, -0.2) is 4.39 Å². The van der Waals surface area contributed by atoms with E-state index in [1.807, 2.05) is 25.1 Å². The summed E-state index contributed by atoms with van der Waals surface area (Å²) in [4.78, 5) is 15.5. The van der Waals surface area contributed by atoms with Crippen molar-refractivity contribution in [1.82, 2.24) is 4.90 Å². The van der Waals surface area contributed by atoms with Crippen molar-refractivity contribution in [2.45, 2.75) is 38.4 Å². The van der Waals surface area contributed by atoms with E-state index in [9.17, 15) is 9.18 Å². The van der Waals surface area contributed by atoms with E-state index in [-0.39, 0.29) is 29.3 Å². The molecule has 4 rings (SSSR count). The number of rotatable bonds is 6. The van der Waals surface area contributed by atoms with Crippen molar-refractivity contribution in [3.8, 4) is 5.75 Å². The van der Waals surface area contributed by atoms with Crippen LogP contribution >= 0.6 is 0 Å². The second-order valence-electron chi connectivity index (χ2n) is 7.61. The molecule has 2 bridgehead atoms. The van der Waals surface area contributed by atoms with Gasteiger partial charge in [0.05, 0.1) is 25.4 Å². The molecule has 2 unspecified atom stereocenters. The van der Waals surface area contributed by atoms with E-state index >= 15 is 0 Å². The van der Waals surface area contributed by atoms with E-state index in [0.29, 0.717) is 38.4 Å². The van der Waals surface area contributed by atoms with E-state index < -0.39 is 5.82 Å². The molecule has 4 nitrogen and oxygen atoms in total. The number of benzene rings is 2. The first-order valence-electron chi connectivity index (χ1n) is 9.99. The summed E-state index contributed by atoms with van der Waals surface area (Å²) < 4.78 is 25.6. The number of carbonyl (C=O) groups is 1. The van der Waals surface area contributed by atoms with Crippen LogP contribution in [0.2, 0.25) is 0 Å². The number of halogens is 1. The fraction of sp³-hybridized carbons (Fsp3) is 0.435. The Morgan fingerprint density at radius 2 is 1.86 bits per heavy atom. The number of fused-ring (bicyclic) bond motifs is 2. The van der Waals surface area contributed by atoms with E-state index in [0.717, 1.165) is 6.54 Å². The Labute approximate surface area is 165 Å². The lowest BCUT2D eigenvalue weighted by atomic mass is 9.80. The average Bonchev–Trinajstić information content (AvgIpc) is 2.68. The lowest BCUT2D eigenvalue weighted by molar-refractivity contribution is -0.0873. The van der Waals surface area contributed by atoms with E-state index in [2.05, 4.69) is 17.0 Å². The van der Waals surface area contributed by atoms with Gasteiger partial charge < -0.3 is 9.47 Å². The highest BCUT2D eigenvalue weighted by Crippen LogP contribution is 2.35. The number of piperidine rings is 1. The van der Waals surface area contributed by atoms with Crippen molar-refractivity contribution >= 4 is 5.78 Å². The molecule has 2 saturated heterocycles. The van der Waals surface area contributed by atoms with Gasteiger partial charge >= 0.3 is 0 Å². The molecule has 148 valence electrons. The lowest BCUT2D eigenvalue weighted by Gasteiger charge is -2.48. The number of hydrogen-bond donors (Lipinski definition) is 0. The van der Waals surface area contributed by atoms with Crippen LogP contribution < -0.4 is 4.74 Å². The van der Waals surface area contributed by atoms with Crippen molar-refractivity contribution in [2.24, 2.45) is 5.92 Å². The molecule has 2 aliphatic heterocycles. The maximum Gasteiger partial charge on any atom is 0.169 e. The molecular formula is C23H26FNO3. The summed E-state index contributed by atoms with van der Waals surface area (Å²) in [5.74, 6) is -0.307. The molecule has 0 aromatic heterocycles. The van der Waals surface area contributed by atoms with Gasteiger partial charge in [-0.3, -0.25) is 9.69 Å². The molecular weight excluding hydrogens is 357 g/mol. The fourth-order valence-corrected chi connectivity index (χ4v) is 4.43. The van der Waals surface area contributed by atoms with Crippen molar-refractivity contribution in [3.63, 3.8) is 0 Å². The van der Waals surface area contributed by atoms with Gasteiger partial charge in [-0.2, -0.15) is 0 Å². The van der Waals surface area contributed by atoms with Gasteiger partial charge in [0.1, 0.15) is 11.6 Å². The van der Waals surface area contributed by atoms with Crippen LogP contribution in [0.4, 0.5) is 4.39 Å². The highest BCUT2D eigenvalue weighted by Gasteiger charge is 2.41. The third-order valence-corrected chi connectivity index (χ3v) is 5.77. The minimum absolute atomic E-state index is 0.100. The molecule has 2 aromatic carbocycles. The monoisotopic (exact) mass is 383 g/mol. The number of nitrogens with zero attached hydrogens (tertiary/aromatic N) is 1. The Morgan fingerprint density at radius 3 is 2.50 bits per heavy atom. The van der Waals surface area contributed by atoms with Gasteiger partial charge in [0.2, 0.25) is 0 Å². The quantitative estimate of drug-likeness (QED) is 0.705. The highest BCUT2D eigenvalue weighted by atomic mass is 19.1. The minimum atomic E-state index is -0.496. The first-order chi connectivity index (χ1) is 13.7. The Balaban J connectivity index is 1.48. The number of carbonyl (C=O) groups excluding carboxylic acids is 1. The first-order valence-corrected chi connectivity index (χ1v) is 9.99.